The Bertz CT molecular complexity index is 575. The second-order valence-electron chi connectivity index (χ2n) is 7.58. The SMILES string of the molecule is Cc1cccc(NC(=O)CN2CCN(CC3CCCNC3)CC2)c1C. The molecule has 0 bridgehead atoms. The molecule has 0 aromatic heterocycles. The molecule has 2 fully saturated rings. The van der Waals surface area contributed by atoms with Gasteiger partial charge in [-0.25, -0.2) is 0 Å². The molecule has 2 aliphatic rings. The molecule has 1 atom stereocenters. The van der Waals surface area contributed by atoms with Gasteiger partial charge in [0, 0.05) is 38.4 Å². The lowest BCUT2D eigenvalue weighted by molar-refractivity contribution is -0.117. The molecule has 0 aliphatic carbocycles. The average molecular weight is 345 g/mol. The van der Waals surface area contributed by atoms with Crippen LogP contribution in [0.2, 0.25) is 0 Å². The number of benzene rings is 1. The van der Waals surface area contributed by atoms with Crippen LogP contribution in [0, 0.1) is 19.8 Å². The summed E-state index contributed by atoms with van der Waals surface area (Å²) >= 11 is 0. The maximum Gasteiger partial charge on any atom is 0.238 e. The van der Waals surface area contributed by atoms with Crippen molar-refractivity contribution in [3.05, 3.63) is 29.3 Å². The number of hydrogen-bond acceptors (Lipinski definition) is 4. The summed E-state index contributed by atoms with van der Waals surface area (Å²) in [6, 6.07) is 6.05. The van der Waals surface area contributed by atoms with Crippen molar-refractivity contribution in [3.8, 4) is 0 Å². The third-order valence-electron chi connectivity index (χ3n) is 5.63. The second kappa shape index (κ2) is 8.79. The number of nitrogens with zero attached hydrogens (tertiary/aromatic N) is 2. The van der Waals surface area contributed by atoms with Crippen molar-refractivity contribution in [2.75, 3.05) is 57.7 Å². The van der Waals surface area contributed by atoms with E-state index in [0.717, 1.165) is 43.3 Å². The standard InChI is InChI=1S/C20H32N4O/c1-16-5-3-7-19(17(16)2)22-20(25)15-24-11-9-23(10-12-24)14-18-6-4-8-21-13-18/h3,5,7,18,21H,4,6,8-15H2,1-2H3,(H,22,25). The van der Waals surface area contributed by atoms with Crippen LogP contribution < -0.4 is 10.6 Å². The quantitative estimate of drug-likeness (QED) is 0.856. The lowest BCUT2D eigenvalue weighted by Crippen LogP contribution is -2.50. The number of aryl methyl sites for hydroxylation is 1. The van der Waals surface area contributed by atoms with E-state index in [1.807, 2.05) is 12.1 Å². The fourth-order valence-electron chi connectivity index (χ4n) is 3.85. The number of piperidine rings is 1. The van der Waals surface area contributed by atoms with E-state index < -0.39 is 0 Å². The van der Waals surface area contributed by atoms with E-state index in [2.05, 4.69) is 40.3 Å². The van der Waals surface area contributed by atoms with Crippen LogP contribution in [-0.2, 0) is 4.79 Å². The van der Waals surface area contributed by atoms with Crippen molar-refractivity contribution in [2.24, 2.45) is 5.92 Å². The second-order valence-corrected chi connectivity index (χ2v) is 7.58. The van der Waals surface area contributed by atoms with Gasteiger partial charge in [-0.2, -0.15) is 0 Å². The topological polar surface area (TPSA) is 47.6 Å². The first-order chi connectivity index (χ1) is 12.1. The van der Waals surface area contributed by atoms with Gasteiger partial charge in [-0.3, -0.25) is 9.69 Å². The molecule has 2 heterocycles. The van der Waals surface area contributed by atoms with Crippen molar-refractivity contribution in [1.82, 2.24) is 15.1 Å². The summed E-state index contributed by atoms with van der Waals surface area (Å²) in [5.74, 6) is 0.895. The van der Waals surface area contributed by atoms with Gasteiger partial charge in [0.1, 0.15) is 0 Å². The first-order valence-electron chi connectivity index (χ1n) is 9.63. The maximum atomic E-state index is 12.4. The molecule has 25 heavy (non-hydrogen) atoms. The Kier molecular flexibility index (Phi) is 6.45. The lowest BCUT2D eigenvalue weighted by atomic mass is 9.99. The molecule has 0 spiro atoms. The molecule has 1 amide bonds. The molecule has 138 valence electrons. The fraction of sp³-hybridized carbons (Fsp3) is 0.650. The predicted molar refractivity (Wildman–Crippen MR) is 103 cm³/mol. The third kappa shape index (κ3) is 5.27. The van der Waals surface area contributed by atoms with Gasteiger partial charge in [-0.15, -0.1) is 0 Å². The van der Waals surface area contributed by atoms with Crippen molar-refractivity contribution < 1.29 is 4.79 Å². The zero-order chi connectivity index (χ0) is 17.6. The Morgan fingerprint density at radius 1 is 1.20 bits per heavy atom. The highest BCUT2D eigenvalue weighted by atomic mass is 16.2. The summed E-state index contributed by atoms with van der Waals surface area (Å²) < 4.78 is 0. The Morgan fingerprint density at radius 3 is 2.68 bits per heavy atom. The van der Waals surface area contributed by atoms with Crippen LogP contribution in [-0.4, -0.2) is 68.1 Å². The van der Waals surface area contributed by atoms with Gasteiger partial charge in [0.15, 0.2) is 0 Å². The van der Waals surface area contributed by atoms with E-state index in [1.165, 1.54) is 38.0 Å². The molecule has 1 aromatic rings. The molecule has 0 radical (unpaired) electrons. The fourth-order valence-corrected chi connectivity index (χ4v) is 3.85. The van der Waals surface area contributed by atoms with Gasteiger partial charge in [-0.1, -0.05) is 12.1 Å². The first-order valence-corrected chi connectivity index (χ1v) is 9.63. The van der Waals surface area contributed by atoms with Gasteiger partial charge >= 0.3 is 0 Å². The summed E-state index contributed by atoms with van der Waals surface area (Å²) in [5, 5.41) is 6.57. The van der Waals surface area contributed by atoms with Crippen LogP contribution in [0.4, 0.5) is 5.69 Å². The first kappa shape index (κ1) is 18.4. The van der Waals surface area contributed by atoms with Crippen LogP contribution >= 0.6 is 0 Å². The van der Waals surface area contributed by atoms with E-state index in [0.29, 0.717) is 6.54 Å². The van der Waals surface area contributed by atoms with Crippen LogP contribution in [0.5, 0.6) is 0 Å². The lowest BCUT2D eigenvalue weighted by Gasteiger charge is -2.37. The molecule has 3 rings (SSSR count). The zero-order valence-corrected chi connectivity index (χ0v) is 15.7. The molecule has 1 aromatic carbocycles. The number of carbonyl (C=O) groups excluding carboxylic acids is 1. The number of amides is 1. The van der Waals surface area contributed by atoms with Crippen molar-refractivity contribution in [2.45, 2.75) is 26.7 Å². The molecule has 5 nitrogen and oxygen atoms in total. The van der Waals surface area contributed by atoms with E-state index in [-0.39, 0.29) is 5.91 Å². The minimum atomic E-state index is 0.0960. The third-order valence-corrected chi connectivity index (χ3v) is 5.63. The number of anilines is 1. The minimum Gasteiger partial charge on any atom is -0.325 e. The largest absolute Gasteiger partial charge is 0.325 e. The van der Waals surface area contributed by atoms with Gasteiger partial charge in [0.05, 0.1) is 6.54 Å². The molecule has 2 saturated heterocycles. The molecule has 5 heteroatoms. The average Bonchev–Trinajstić information content (AvgIpc) is 2.62. The van der Waals surface area contributed by atoms with E-state index >= 15 is 0 Å². The Morgan fingerprint density at radius 2 is 1.96 bits per heavy atom. The zero-order valence-electron chi connectivity index (χ0n) is 15.7. The molecular weight excluding hydrogens is 312 g/mol. The molecular formula is C20H32N4O. The summed E-state index contributed by atoms with van der Waals surface area (Å²) in [5.41, 5.74) is 3.30. The van der Waals surface area contributed by atoms with Gasteiger partial charge in [0.2, 0.25) is 5.91 Å². The number of piperazine rings is 1. The molecule has 1 unspecified atom stereocenters. The Balaban J connectivity index is 1.41. The smallest absolute Gasteiger partial charge is 0.238 e. The number of rotatable bonds is 5. The van der Waals surface area contributed by atoms with Crippen LogP contribution in [0.1, 0.15) is 24.0 Å². The van der Waals surface area contributed by atoms with E-state index in [9.17, 15) is 4.79 Å². The highest BCUT2D eigenvalue weighted by Crippen LogP contribution is 2.18. The predicted octanol–water partition coefficient (Wildman–Crippen LogP) is 1.86. The summed E-state index contributed by atoms with van der Waals surface area (Å²) in [6.07, 6.45) is 2.66. The highest BCUT2D eigenvalue weighted by Gasteiger charge is 2.22. The normalized spacial score (nSPS) is 22.7. The molecule has 2 aliphatic heterocycles. The number of hydrogen-bond donors (Lipinski definition) is 2. The maximum absolute atomic E-state index is 12.4. The Hall–Kier alpha value is -1.43. The van der Waals surface area contributed by atoms with E-state index in [1.54, 1.807) is 0 Å². The van der Waals surface area contributed by atoms with Crippen molar-refractivity contribution in [3.63, 3.8) is 0 Å². The van der Waals surface area contributed by atoms with Crippen LogP contribution in [0.25, 0.3) is 0 Å². The molecule has 0 saturated carbocycles. The summed E-state index contributed by atoms with van der Waals surface area (Å²) in [4.78, 5) is 17.2. The Labute approximate surface area is 151 Å². The number of carbonyl (C=O) groups is 1. The highest BCUT2D eigenvalue weighted by molar-refractivity contribution is 5.93. The van der Waals surface area contributed by atoms with Crippen LogP contribution in [0.3, 0.4) is 0 Å². The van der Waals surface area contributed by atoms with Gasteiger partial charge in [-0.05, 0) is 62.9 Å². The van der Waals surface area contributed by atoms with Crippen LogP contribution in [0.15, 0.2) is 18.2 Å². The number of nitrogens with one attached hydrogen (secondary N) is 2. The van der Waals surface area contributed by atoms with Gasteiger partial charge < -0.3 is 15.5 Å². The summed E-state index contributed by atoms with van der Waals surface area (Å²) in [6.45, 7) is 12.3. The minimum absolute atomic E-state index is 0.0960. The van der Waals surface area contributed by atoms with Crippen molar-refractivity contribution in [1.29, 1.82) is 0 Å². The van der Waals surface area contributed by atoms with Crippen molar-refractivity contribution >= 4 is 11.6 Å². The monoisotopic (exact) mass is 344 g/mol. The van der Waals surface area contributed by atoms with Gasteiger partial charge in [0.25, 0.3) is 0 Å². The summed E-state index contributed by atoms with van der Waals surface area (Å²) in [7, 11) is 0. The molecule has 2 N–H and O–H groups in total. The van der Waals surface area contributed by atoms with E-state index in [4.69, 9.17) is 0 Å².